The van der Waals surface area contributed by atoms with Crippen LogP contribution in [-0.2, 0) is 4.74 Å². The van der Waals surface area contributed by atoms with Gasteiger partial charge in [0.2, 0.25) is 0 Å². The third-order valence-corrected chi connectivity index (χ3v) is 2.52. The summed E-state index contributed by atoms with van der Waals surface area (Å²) >= 11 is 0. The molecule has 0 aliphatic heterocycles. The molecule has 0 aliphatic carbocycles. The molecule has 1 rings (SSSR count). The lowest BCUT2D eigenvalue weighted by atomic mass is 10.0. The maximum atomic E-state index is 11.6. The summed E-state index contributed by atoms with van der Waals surface area (Å²) in [5.41, 5.74) is 7.92. The normalized spacial score (nSPS) is 11.4. The van der Waals surface area contributed by atoms with Gasteiger partial charge in [0, 0.05) is 11.8 Å². The van der Waals surface area contributed by atoms with Crippen LogP contribution in [0.3, 0.4) is 0 Å². The van der Waals surface area contributed by atoms with Gasteiger partial charge >= 0.3 is 5.97 Å². The van der Waals surface area contributed by atoms with E-state index in [1.54, 1.807) is 6.07 Å². The van der Waals surface area contributed by atoms with Crippen molar-refractivity contribution >= 4 is 17.4 Å². The Bertz CT molecular complexity index is 439. The van der Waals surface area contributed by atoms with Crippen molar-refractivity contribution in [3.05, 3.63) is 29.5 Å². The van der Waals surface area contributed by atoms with Gasteiger partial charge in [-0.15, -0.1) is 0 Å². The molecular weight excluding hydrogens is 216 g/mol. The first-order valence-electron chi connectivity index (χ1n) is 5.61. The zero-order valence-corrected chi connectivity index (χ0v) is 10.5. The van der Waals surface area contributed by atoms with Crippen molar-refractivity contribution in [3.63, 3.8) is 0 Å². The van der Waals surface area contributed by atoms with Gasteiger partial charge in [-0.05, 0) is 25.0 Å². The number of allylic oxidation sites excluding steroid dienone is 2. The molecule has 1 aromatic rings. The second-order valence-corrected chi connectivity index (χ2v) is 3.79. The van der Waals surface area contributed by atoms with Crippen LogP contribution in [0.5, 0.6) is 0 Å². The molecule has 0 unspecified atom stereocenters. The summed E-state index contributed by atoms with van der Waals surface area (Å²) in [4.78, 5) is 15.6. The van der Waals surface area contributed by atoms with Crippen LogP contribution in [0.2, 0.25) is 0 Å². The number of carbonyl (C=O) groups is 1. The van der Waals surface area contributed by atoms with Gasteiger partial charge in [0.1, 0.15) is 5.82 Å². The Morgan fingerprint density at radius 1 is 1.59 bits per heavy atom. The molecule has 2 N–H and O–H groups in total. The second kappa shape index (κ2) is 6.03. The van der Waals surface area contributed by atoms with Crippen LogP contribution in [0.25, 0.3) is 5.57 Å². The zero-order chi connectivity index (χ0) is 12.8. The van der Waals surface area contributed by atoms with Gasteiger partial charge in [-0.25, -0.2) is 9.78 Å². The molecule has 0 spiro atoms. The first-order chi connectivity index (χ1) is 8.11. The fourth-order valence-corrected chi connectivity index (χ4v) is 1.64. The lowest BCUT2D eigenvalue weighted by Crippen LogP contribution is -2.08. The number of rotatable bonds is 4. The monoisotopic (exact) mass is 234 g/mol. The molecule has 17 heavy (non-hydrogen) atoms. The molecular formula is C13H18N2O2. The highest BCUT2D eigenvalue weighted by atomic mass is 16.5. The van der Waals surface area contributed by atoms with Gasteiger partial charge in [0.05, 0.1) is 12.7 Å². The first-order valence-corrected chi connectivity index (χ1v) is 5.61. The molecule has 0 saturated carbocycles. The highest BCUT2D eigenvalue weighted by molar-refractivity contribution is 5.97. The number of nitrogens with zero attached hydrogens (tertiary/aromatic N) is 1. The van der Waals surface area contributed by atoms with Gasteiger partial charge in [-0.2, -0.15) is 0 Å². The van der Waals surface area contributed by atoms with E-state index in [2.05, 4.69) is 18.0 Å². The van der Waals surface area contributed by atoms with Gasteiger partial charge in [0.15, 0.2) is 0 Å². The molecule has 0 atom stereocenters. The smallest absolute Gasteiger partial charge is 0.338 e. The van der Waals surface area contributed by atoms with E-state index in [-0.39, 0.29) is 0 Å². The summed E-state index contributed by atoms with van der Waals surface area (Å²) in [5, 5.41) is 0. The highest BCUT2D eigenvalue weighted by Crippen LogP contribution is 2.24. The third kappa shape index (κ3) is 3.06. The summed E-state index contributed by atoms with van der Waals surface area (Å²) in [6.07, 6.45) is 5.56. The number of ether oxygens (including phenoxy) is 1. The van der Waals surface area contributed by atoms with Gasteiger partial charge in [0.25, 0.3) is 0 Å². The number of aromatic nitrogens is 1. The quantitative estimate of drug-likeness (QED) is 0.813. The number of esters is 1. The Kier molecular flexibility index (Phi) is 4.69. The molecule has 0 saturated heterocycles. The average Bonchev–Trinajstić information content (AvgIpc) is 2.34. The largest absolute Gasteiger partial charge is 0.465 e. The second-order valence-electron chi connectivity index (χ2n) is 3.79. The van der Waals surface area contributed by atoms with E-state index in [9.17, 15) is 4.79 Å². The Morgan fingerprint density at radius 2 is 2.29 bits per heavy atom. The van der Waals surface area contributed by atoms with Crippen LogP contribution >= 0.6 is 0 Å². The van der Waals surface area contributed by atoms with E-state index in [0.717, 1.165) is 18.4 Å². The molecule has 4 heteroatoms. The average molecular weight is 234 g/mol. The van der Waals surface area contributed by atoms with Crippen LogP contribution in [0.15, 0.2) is 18.3 Å². The molecule has 0 bridgehead atoms. The van der Waals surface area contributed by atoms with Crippen molar-refractivity contribution in [3.8, 4) is 0 Å². The highest BCUT2D eigenvalue weighted by Gasteiger charge is 2.15. The fraction of sp³-hybridized carbons (Fsp3) is 0.385. The molecule has 0 aromatic carbocycles. The van der Waals surface area contributed by atoms with Crippen LogP contribution in [0.1, 0.15) is 42.6 Å². The molecule has 4 nitrogen and oxygen atoms in total. The molecule has 1 heterocycles. The molecule has 0 radical (unpaired) electrons. The fourth-order valence-electron chi connectivity index (χ4n) is 1.64. The first kappa shape index (κ1) is 13.2. The summed E-state index contributed by atoms with van der Waals surface area (Å²) < 4.78 is 4.74. The Hall–Kier alpha value is -1.84. The molecule has 1 aromatic heterocycles. The molecule has 0 amide bonds. The number of hydrogen-bond donors (Lipinski definition) is 1. The zero-order valence-electron chi connectivity index (χ0n) is 10.5. The Labute approximate surface area is 101 Å². The maximum absolute atomic E-state index is 11.6. The standard InChI is InChI=1S/C13H18N2O2/c1-4-5-6-9(2)11-10(13(16)17-3)7-8-15-12(11)14/h6-8H,4-5H2,1-3H3,(H2,14,15)/b9-6-. The summed E-state index contributed by atoms with van der Waals surface area (Å²) in [7, 11) is 1.35. The lowest BCUT2D eigenvalue weighted by molar-refractivity contribution is 0.0600. The van der Waals surface area contributed by atoms with Crippen LogP contribution in [-0.4, -0.2) is 18.1 Å². The number of carbonyl (C=O) groups excluding carboxylic acids is 1. The van der Waals surface area contributed by atoms with E-state index in [1.807, 2.05) is 6.92 Å². The van der Waals surface area contributed by atoms with Crippen molar-refractivity contribution in [1.82, 2.24) is 4.98 Å². The number of pyridine rings is 1. The van der Waals surface area contributed by atoms with E-state index in [4.69, 9.17) is 10.5 Å². The molecule has 0 aliphatic rings. The van der Waals surface area contributed by atoms with Crippen LogP contribution in [0, 0.1) is 0 Å². The number of methoxy groups -OCH3 is 1. The van der Waals surface area contributed by atoms with Gasteiger partial charge < -0.3 is 10.5 Å². The lowest BCUT2D eigenvalue weighted by Gasteiger charge is -2.10. The number of nitrogens with two attached hydrogens (primary N) is 1. The van der Waals surface area contributed by atoms with Crippen LogP contribution in [0.4, 0.5) is 5.82 Å². The van der Waals surface area contributed by atoms with E-state index >= 15 is 0 Å². The van der Waals surface area contributed by atoms with Gasteiger partial charge in [-0.3, -0.25) is 0 Å². The minimum absolute atomic E-state index is 0.359. The van der Waals surface area contributed by atoms with E-state index in [1.165, 1.54) is 13.3 Å². The number of nitrogen functional groups attached to an aromatic ring is 1. The predicted molar refractivity (Wildman–Crippen MR) is 68.5 cm³/mol. The van der Waals surface area contributed by atoms with Crippen LogP contribution < -0.4 is 5.73 Å². The number of unbranched alkanes of at least 4 members (excludes halogenated alkanes) is 1. The Balaban J connectivity index is 3.25. The number of anilines is 1. The van der Waals surface area contributed by atoms with Crippen molar-refractivity contribution in [2.45, 2.75) is 26.7 Å². The topological polar surface area (TPSA) is 65.2 Å². The summed E-state index contributed by atoms with van der Waals surface area (Å²) in [6.45, 7) is 4.02. The Morgan fingerprint density at radius 3 is 2.88 bits per heavy atom. The van der Waals surface area contributed by atoms with E-state index < -0.39 is 5.97 Å². The van der Waals surface area contributed by atoms with Crippen molar-refractivity contribution in [1.29, 1.82) is 0 Å². The van der Waals surface area contributed by atoms with Crippen molar-refractivity contribution in [2.75, 3.05) is 12.8 Å². The summed E-state index contributed by atoms with van der Waals surface area (Å²) in [5.74, 6) is -0.0314. The predicted octanol–water partition coefficient (Wildman–Crippen LogP) is 2.65. The van der Waals surface area contributed by atoms with Gasteiger partial charge in [-0.1, -0.05) is 19.4 Å². The van der Waals surface area contributed by atoms with Crippen molar-refractivity contribution in [2.24, 2.45) is 0 Å². The SMILES string of the molecule is CCC/C=C(/C)c1c(C(=O)OC)ccnc1N. The molecule has 0 fully saturated rings. The minimum atomic E-state index is -0.390. The minimum Gasteiger partial charge on any atom is -0.465 e. The maximum Gasteiger partial charge on any atom is 0.338 e. The van der Waals surface area contributed by atoms with E-state index in [0.29, 0.717) is 16.9 Å². The number of hydrogen-bond acceptors (Lipinski definition) is 4. The molecule has 92 valence electrons. The third-order valence-electron chi connectivity index (χ3n) is 2.52. The summed E-state index contributed by atoms with van der Waals surface area (Å²) in [6, 6.07) is 1.63. The van der Waals surface area contributed by atoms with Crippen molar-refractivity contribution < 1.29 is 9.53 Å².